The minimum Gasteiger partial charge on any atom is -0.360 e. The molecule has 1 aromatic heterocycles. The molecule has 0 radical (unpaired) electrons. The molecule has 0 aliphatic carbocycles. The number of carbonyl (C=O) groups is 1. The minimum atomic E-state index is -3.96. The zero-order valence-electron chi connectivity index (χ0n) is 18.1. The Morgan fingerprint density at radius 2 is 1.39 bits per heavy atom. The van der Waals surface area contributed by atoms with Gasteiger partial charge in [0.2, 0.25) is 5.91 Å². The molecular weight excluding hydrogens is 438 g/mol. The second-order valence-electron chi connectivity index (χ2n) is 7.50. The van der Waals surface area contributed by atoms with E-state index >= 15 is 0 Å². The first-order chi connectivity index (χ1) is 15.8. The van der Waals surface area contributed by atoms with Crippen molar-refractivity contribution < 1.29 is 13.2 Å². The Labute approximate surface area is 192 Å². The summed E-state index contributed by atoms with van der Waals surface area (Å²) in [5.74, 6) is 0.185. The molecule has 9 heteroatoms. The number of fused-ring (bicyclic) bond motifs is 1. The van der Waals surface area contributed by atoms with Crippen molar-refractivity contribution in [2.24, 2.45) is 0 Å². The van der Waals surface area contributed by atoms with Crippen LogP contribution >= 0.6 is 0 Å². The number of benzene rings is 3. The number of hydrogen-bond donors (Lipinski definition) is 3. The van der Waals surface area contributed by atoms with Crippen LogP contribution in [0.15, 0.2) is 83.8 Å². The standard InChI is InChI=1S/C24H23N5O3S/c1-16(18-8-4-3-5-9-18)25-23-24(28-22-11-7-6-10-21(22)27-23)29-33(31,32)20-14-12-19(13-15-20)26-17(2)30/h3-16H,1-2H3,(H,25,27)(H,26,30)(H,28,29)/t16-/m0/s1. The second kappa shape index (κ2) is 9.25. The first-order valence-corrected chi connectivity index (χ1v) is 11.8. The van der Waals surface area contributed by atoms with Crippen LogP contribution in [0.5, 0.6) is 0 Å². The van der Waals surface area contributed by atoms with Crippen LogP contribution in [0.25, 0.3) is 11.0 Å². The molecule has 4 rings (SSSR count). The van der Waals surface area contributed by atoms with Crippen LogP contribution in [0.1, 0.15) is 25.5 Å². The number of rotatable bonds is 7. The largest absolute Gasteiger partial charge is 0.360 e. The summed E-state index contributed by atoms with van der Waals surface area (Å²) in [4.78, 5) is 20.4. The number of sulfonamides is 1. The second-order valence-corrected chi connectivity index (χ2v) is 9.18. The highest BCUT2D eigenvalue weighted by Gasteiger charge is 2.20. The zero-order chi connectivity index (χ0) is 23.4. The molecule has 168 valence electrons. The molecule has 3 aromatic carbocycles. The predicted molar refractivity (Wildman–Crippen MR) is 130 cm³/mol. The van der Waals surface area contributed by atoms with Gasteiger partial charge < -0.3 is 10.6 Å². The van der Waals surface area contributed by atoms with Crippen LogP contribution in [-0.4, -0.2) is 24.3 Å². The summed E-state index contributed by atoms with van der Waals surface area (Å²) in [7, 11) is -3.96. The van der Waals surface area contributed by atoms with Crippen LogP contribution < -0.4 is 15.4 Å². The van der Waals surface area contributed by atoms with Gasteiger partial charge in [0.05, 0.1) is 22.0 Å². The highest BCUT2D eigenvalue weighted by Crippen LogP contribution is 2.28. The Morgan fingerprint density at radius 1 is 0.818 bits per heavy atom. The molecule has 0 spiro atoms. The van der Waals surface area contributed by atoms with Crippen molar-refractivity contribution in [3.05, 3.63) is 84.4 Å². The third kappa shape index (κ3) is 5.27. The quantitative estimate of drug-likeness (QED) is 0.372. The van der Waals surface area contributed by atoms with Crippen molar-refractivity contribution in [1.29, 1.82) is 0 Å². The molecule has 0 aliphatic heterocycles. The van der Waals surface area contributed by atoms with Crippen molar-refractivity contribution in [2.75, 3.05) is 15.4 Å². The topological polar surface area (TPSA) is 113 Å². The van der Waals surface area contributed by atoms with Crippen molar-refractivity contribution in [2.45, 2.75) is 24.8 Å². The lowest BCUT2D eigenvalue weighted by Crippen LogP contribution is -2.18. The van der Waals surface area contributed by atoms with Gasteiger partial charge in [0.15, 0.2) is 11.6 Å². The molecule has 0 bridgehead atoms. The van der Waals surface area contributed by atoms with E-state index in [0.717, 1.165) is 5.56 Å². The Hall–Kier alpha value is -3.98. The Balaban J connectivity index is 1.68. The van der Waals surface area contributed by atoms with Crippen molar-refractivity contribution >= 4 is 44.3 Å². The highest BCUT2D eigenvalue weighted by molar-refractivity contribution is 7.92. The molecule has 1 heterocycles. The summed E-state index contributed by atoms with van der Waals surface area (Å²) < 4.78 is 28.7. The van der Waals surface area contributed by atoms with E-state index in [4.69, 9.17) is 0 Å². The van der Waals surface area contributed by atoms with Gasteiger partial charge in [-0.05, 0) is 48.9 Å². The third-order valence-corrected chi connectivity index (χ3v) is 6.29. The van der Waals surface area contributed by atoms with E-state index < -0.39 is 10.0 Å². The Kier molecular flexibility index (Phi) is 6.23. The zero-order valence-corrected chi connectivity index (χ0v) is 18.9. The lowest BCUT2D eigenvalue weighted by atomic mass is 10.1. The fraction of sp³-hybridized carbons (Fsp3) is 0.125. The van der Waals surface area contributed by atoms with E-state index in [1.807, 2.05) is 55.5 Å². The molecule has 1 amide bonds. The van der Waals surface area contributed by atoms with Gasteiger partial charge in [0.1, 0.15) is 0 Å². The summed E-state index contributed by atoms with van der Waals surface area (Å²) in [5, 5.41) is 5.89. The van der Waals surface area contributed by atoms with Gasteiger partial charge in [-0.2, -0.15) is 0 Å². The third-order valence-electron chi connectivity index (χ3n) is 4.94. The molecule has 0 fully saturated rings. The molecule has 0 saturated carbocycles. The molecule has 33 heavy (non-hydrogen) atoms. The lowest BCUT2D eigenvalue weighted by molar-refractivity contribution is -0.114. The number of aromatic nitrogens is 2. The van der Waals surface area contributed by atoms with Gasteiger partial charge in [-0.15, -0.1) is 0 Å². The summed E-state index contributed by atoms with van der Waals surface area (Å²) >= 11 is 0. The van der Waals surface area contributed by atoms with Crippen molar-refractivity contribution in [3.63, 3.8) is 0 Å². The van der Waals surface area contributed by atoms with Gasteiger partial charge in [-0.25, -0.2) is 18.4 Å². The number of nitrogens with zero attached hydrogens (tertiary/aromatic N) is 2. The summed E-state index contributed by atoms with van der Waals surface area (Å²) in [6.45, 7) is 3.35. The molecule has 0 saturated heterocycles. The minimum absolute atomic E-state index is 0.0358. The van der Waals surface area contributed by atoms with E-state index in [9.17, 15) is 13.2 Å². The summed E-state index contributed by atoms with van der Waals surface area (Å²) in [5.41, 5.74) is 2.73. The summed E-state index contributed by atoms with van der Waals surface area (Å²) in [6.07, 6.45) is 0. The normalized spacial score (nSPS) is 12.2. The van der Waals surface area contributed by atoms with Crippen molar-refractivity contribution in [1.82, 2.24) is 9.97 Å². The van der Waals surface area contributed by atoms with Gasteiger partial charge in [0.25, 0.3) is 10.0 Å². The van der Waals surface area contributed by atoms with Crippen LogP contribution in [0.4, 0.5) is 17.3 Å². The monoisotopic (exact) mass is 461 g/mol. The molecule has 3 N–H and O–H groups in total. The molecule has 8 nitrogen and oxygen atoms in total. The van der Waals surface area contributed by atoms with E-state index in [1.54, 1.807) is 6.07 Å². The molecule has 0 aliphatic rings. The first kappa shape index (κ1) is 22.2. The number of para-hydroxylation sites is 2. The van der Waals surface area contributed by atoms with E-state index in [1.165, 1.54) is 31.2 Å². The van der Waals surface area contributed by atoms with Gasteiger partial charge in [-0.3, -0.25) is 9.52 Å². The maximum absolute atomic E-state index is 13.1. The predicted octanol–water partition coefficient (Wildman–Crippen LogP) is 4.56. The fourth-order valence-electron chi connectivity index (χ4n) is 3.31. The number of hydrogen-bond acceptors (Lipinski definition) is 6. The average molecular weight is 462 g/mol. The Morgan fingerprint density at radius 3 is 2.00 bits per heavy atom. The van der Waals surface area contributed by atoms with E-state index in [2.05, 4.69) is 25.3 Å². The molecule has 1 atom stereocenters. The van der Waals surface area contributed by atoms with E-state index in [0.29, 0.717) is 22.5 Å². The number of nitrogens with one attached hydrogen (secondary N) is 3. The number of carbonyl (C=O) groups excluding carboxylic acids is 1. The molecule has 4 aromatic rings. The maximum Gasteiger partial charge on any atom is 0.263 e. The van der Waals surface area contributed by atoms with E-state index in [-0.39, 0.29) is 22.7 Å². The van der Waals surface area contributed by atoms with Crippen LogP contribution in [0.2, 0.25) is 0 Å². The SMILES string of the molecule is CC(=O)Nc1ccc(S(=O)(=O)Nc2nc3ccccc3nc2N[C@@H](C)c2ccccc2)cc1. The van der Waals surface area contributed by atoms with Gasteiger partial charge in [0, 0.05) is 12.6 Å². The Bertz CT molecular complexity index is 1390. The maximum atomic E-state index is 13.1. The number of anilines is 3. The smallest absolute Gasteiger partial charge is 0.263 e. The van der Waals surface area contributed by atoms with Crippen LogP contribution in [-0.2, 0) is 14.8 Å². The van der Waals surface area contributed by atoms with Crippen LogP contribution in [0, 0.1) is 0 Å². The first-order valence-electron chi connectivity index (χ1n) is 10.3. The van der Waals surface area contributed by atoms with Crippen molar-refractivity contribution in [3.8, 4) is 0 Å². The number of amides is 1. The lowest BCUT2D eigenvalue weighted by Gasteiger charge is -2.18. The molecular formula is C24H23N5O3S. The van der Waals surface area contributed by atoms with Gasteiger partial charge in [-0.1, -0.05) is 42.5 Å². The summed E-state index contributed by atoms with van der Waals surface area (Å²) in [6, 6.07) is 22.8. The molecule has 0 unspecified atom stereocenters. The van der Waals surface area contributed by atoms with Crippen LogP contribution in [0.3, 0.4) is 0 Å². The highest BCUT2D eigenvalue weighted by atomic mass is 32.2. The fourth-order valence-corrected chi connectivity index (χ4v) is 4.32. The average Bonchev–Trinajstić information content (AvgIpc) is 2.80. The van der Waals surface area contributed by atoms with Gasteiger partial charge >= 0.3 is 0 Å².